The number of carbonyl (C=O) groups excluding carboxylic acids is 1. The van der Waals surface area contributed by atoms with Gasteiger partial charge in [0.2, 0.25) is 0 Å². The highest BCUT2D eigenvalue weighted by atomic mass is 16.1. The van der Waals surface area contributed by atoms with Gasteiger partial charge in [-0.3, -0.25) is 4.79 Å². The summed E-state index contributed by atoms with van der Waals surface area (Å²) < 4.78 is 0. The maximum atomic E-state index is 11.6. The van der Waals surface area contributed by atoms with Crippen LogP contribution < -0.4 is 16.4 Å². The van der Waals surface area contributed by atoms with E-state index in [0.717, 1.165) is 30.0 Å². The fraction of sp³-hybridized carbons (Fsp3) is 0.562. The summed E-state index contributed by atoms with van der Waals surface area (Å²) in [6.45, 7) is 1.01. The minimum absolute atomic E-state index is 0.0999. The quantitative estimate of drug-likeness (QED) is 0.698. The second-order valence-electron chi connectivity index (χ2n) is 6.10. The van der Waals surface area contributed by atoms with Crippen LogP contribution in [-0.2, 0) is 0 Å². The van der Waals surface area contributed by atoms with E-state index in [1.165, 1.54) is 25.7 Å². The first-order valence-corrected chi connectivity index (χ1v) is 7.54. The number of hydrogen-bond donors (Lipinski definition) is 3. The lowest BCUT2D eigenvalue weighted by Gasteiger charge is -2.18. The van der Waals surface area contributed by atoms with Gasteiger partial charge in [0, 0.05) is 19.2 Å². The van der Waals surface area contributed by atoms with Gasteiger partial charge in [0.15, 0.2) is 0 Å². The first kappa shape index (κ1) is 13.3. The van der Waals surface area contributed by atoms with Crippen molar-refractivity contribution in [2.45, 2.75) is 25.7 Å². The van der Waals surface area contributed by atoms with Gasteiger partial charge in [0.25, 0.3) is 5.91 Å². The minimum atomic E-state index is -0.0999. The normalized spacial score (nSPS) is 18.1. The van der Waals surface area contributed by atoms with Gasteiger partial charge in [-0.15, -0.1) is 0 Å². The molecule has 0 atom stereocenters. The first-order valence-electron chi connectivity index (χ1n) is 7.54. The van der Waals surface area contributed by atoms with E-state index >= 15 is 0 Å². The zero-order valence-electron chi connectivity index (χ0n) is 12.0. The third-order valence-electron chi connectivity index (χ3n) is 4.52. The standard InChI is InChI=1S/C16H23N3O/c1-18-16(20)12-6-7-15(14(17)8-12)19-9-13(10-2-3-10)11-4-5-11/h6-8,10-11,13,19H,2-5,9,17H2,1H3,(H,18,20). The maximum Gasteiger partial charge on any atom is 0.251 e. The zero-order chi connectivity index (χ0) is 14.1. The molecule has 0 bridgehead atoms. The van der Waals surface area contributed by atoms with Crippen molar-refractivity contribution in [2.75, 3.05) is 24.6 Å². The van der Waals surface area contributed by atoms with Crippen molar-refractivity contribution < 1.29 is 4.79 Å². The van der Waals surface area contributed by atoms with E-state index in [1.807, 2.05) is 12.1 Å². The Kier molecular flexibility index (Phi) is 3.55. The van der Waals surface area contributed by atoms with Gasteiger partial charge in [-0.2, -0.15) is 0 Å². The van der Waals surface area contributed by atoms with E-state index in [1.54, 1.807) is 13.1 Å². The molecule has 1 aromatic carbocycles. The molecule has 0 aliphatic heterocycles. The van der Waals surface area contributed by atoms with Gasteiger partial charge < -0.3 is 16.4 Å². The second-order valence-corrected chi connectivity index (χ2v) is 6.10. The van der Waals surface area contributed by atoms with E-state index in [-0.39, 0.29) is 5.91 Å². The van der Waals surface area contributed by atoms with Crippen molar-refractivity contribution in [3.8, 4) is 0 Å². The average Bonchev–Trinajstić information content (AvgIpc) is 3.32. The van der Waals surface area contributed by atoms with Crippen molar-refractivity contribution in [3.05, 3.63) is 23.8 Å². The van der Waals surface area contributed by atoms with Crippen LogP contribution in [0.3, 0.4) is 0 Å². The minimum Gasteiger partial charge on any atom is -0.397 e. The molecule has 4 nitrogen and oxygen atoms in total. The fourth-order valence-electron chi connectivity index (χ4n) is 3.00. The Balaban J connectivity index is 1.63. The Morgan fingerprint density at radius 2 is 1.95 bits per heavy atom. The number of amides is 1. The molecule has 0 spiro atoms. The Morgan fingerprint density at radius 3 is 2.45 bits per heavy atom. The summed E-state index contributed by atoms with van der Waals surface area (Å²) in [5, 5.41) is 6.09. The van der Waals surface area contributed by atoms with E-state index in [9.17, 15) is 4.79 Å². The number of carbonyl (C=O) groups is 1. The molecule has 3 rings (SSSR count). The highest BCUT2D eigenvalue weighted by Crippen LogP contribution is 2.49. The zero-order valence-corrected chi connectivity index (χ0v) is 12.0. The van der Waals surface area contributed by atoms with Gasteiger partial charge >= 0.3 is 0 Å². The van der Waals surface area contributed by atoms with Crippen molar-refractivity contribution in [1.82, 2.24) is 5.32 Å². The van der Waals surface area contributed by atoms with Gasteiger partial charge in [-0.1, -0.05) is 0 Å². The van der Waals surface area contributed by atoms with Crippen LogP contribution in [0.25, 0.3) is 0 Å². The lowest BCUT2D eigenvalue weighted by Crippen LogP contribution is -2.20. The number of nitrogen functional groups attached to an aromatic ring is 1. The average molecular weight is 273 g/mol. The number of benzene rings is 1. The molecule has 0 radical (unpaired) electrons. The van der Waals surface area contributed by atoms with Crippen LogP contribution in [0.15, 0.2) is 18.2 Å². The summed E-state index contributed by atoms with van der Waals surface area (Å²) in [5.41, 5.74) is 8.25. The Bertz CT molecular complexity index is 494. The molecule has 0 heterocycles. The molecule has 2 aliphatic carbocycles. The fourth-order valence-corrected chi connectivity index (χ4v) is 3.00. The smallest absolute Gasteiger partial charge is 0.251 e. The third kappa shape index (κ3) is 2.89. The molecular formula is C16H23N3O. The third-order valence-corrected chi connectivity index (χ3v) is 4.52. The topological polar surface area (TPSA) is 67.2 Å². The molecule has 0 unspecified atom stereocenters. The lowest BCUT2D eigenvalue weighted by atomic mass is 9.98. The predicted molar refractivity (Wildman–Crippen MR) is 81.7 cm³/mol. The van der Waals surface area contributed by atoms with E-state index in [2.05, 4.69) is 10.6 Å². The predicted octanol–water partition coefficient (Wildman–Crippen LogP) is 2.48. The summed E-state index contributed by atoms with van der Waals surface area (Å²) in [6.07, 6.45) is 5.59. The van der Waals surface area contributed by atoms with Crippen LogP contribution in [0.5, 0.6) is 0 Å². The molecule has 1 amide bonds. The molecule has 4 N–H and O–H groups in total. The molecule has 0 aromatic heterocycles. The SMILES string of the molecule is CNC(=O)c1ccc(NCC(C2CC2)C2CC2)c(N)c1. The van der Waals surface area contributed by atoms with Crippen molar-refractivity contribution >= 4 is 17.3 Å². The molecule has 2 aliphatic rings. The summed E-state index contributed by atoms with van der Waals surface area (Å²) >= 11 is 0. The summed E-state index contributed by atoms with van der Waals surface area (Å²) in [5.74, 6) is 2.58. The number of anilines is 2. The molecule has 2 fully saturated rings. The Labute approximate surface area is 120 Å². The van der Waals surface area contributed by atoms with E-state index < -0.39 is 0 Å². The molecule has 1 aromatic rings. The van der Waals surface area contributed by atoms with Crippen LogP contribution in [0.1, 0.15) is 36.0 Å². The number of nitrogens with one attached hydrogen (secondary N) is 2. The Hall–Kier alpha value is -1.71. The lowest BCUT2D eigenvalue weighted by molar-refractivity contribution is 0.0963. The number of rotatable bonds is 6. The molecule has 108 valence electrons. The maximum absolute atomic E-state index is 11.6. The molecule has 2 saturated carbocycles. The highest BCUT2D eigenvalue weighted by Gasteiger charge is 2.41. The van der Waals surface area contributed by atoms with Crippen LogP contribution in [0.2, 0.25) is 0 Å². The van der Waals surface area contributed by atoms with Crippen molar-refractivity contribution in [1.29, 1.82) is 0 Å². The summed E-state index contributed by atoms with van der Waals surface area (Å²) in [7, 11) is 1.63. The van der Waals surface area contributed by atoms with Gasteiger partial charge in [-0.05, 0) is 61.6 Å². The van der Waals surface area contributed by atoms with E-state index in [4.69, 9.17) is 5.73 Å². The van der Waals surface area contributed by atoms with Crippen LogP contribution in [0, 0.1) is 17.8 Å². The number of nitrogens with two attached hydrogens (primary N) is 1. The second kappa shape index (κ2) is 5.35. The monoisotopic (exact) mass is 273 g/mol. The molecule has 20 heavy (non-hydrogen) atoms. The van der Waals surface area contributed by atoms with Gasteiger partial charge in [0.05, 0.1) is 11.4 Å². The first-order chi connectivity index (χ1) is 9.69. The molecule has 0 saturated heterocycles. The van der Waals surface area contributed by atoms with Gasteiger partial charge in [0.1, 0.15) is 0 Å². The summed E-state index contributed by atoms with van der Waals surface area (Å²) in [6, 6.07) is 5.47. The van der Waals surface area contributed by atoms with Gasteiger partial charge in [-0.25, -0.2) is 0 Å². The Morgan fingerprint density at radius 1 is 1.30 bits per heavy atom. The number of hydrogen-bond acceptors (Lipinski definition) is 3. The summed E-state index contributed by atoms with van der Waals surface area (Å²) in [4.78, 5) is 11.6. The van der Waals surface area contributed by atoms with Crippen molar-refractivity contribution in [2.24, 2.45) is 17.8 Å². The van der Waals surface area contributed by atoms with Crippen molar-refractivity contribution in [3.63, 3.8) is 0 Å². The van der Waals surface area contributed by atoms with Crippen LogP contribution in [-0.4, -0.2) is 19.5 Å². The van der Waals surface area contributed by atoms with Crippen LogP contribution in [0.4, 0.5) is 11.4 Å². The molecular weight excluding hydrogens is 250 g/mol. The van der Waals surface area contributed by atoms with Crippen LogP contribution >= 0.6 is 0 Å². The molecule has 4 heteroatoms. The highest BCUT2D eigenvalue weighted by molar-refractivity contribution is 5.95. The van der Waals surface area contributed by atoms with E-state index in [0.29, 0.717) is 11.3 Å². The largest absolute Gasteiger partial charge is 0.397 e.